The van der Waals surface area contributed by atoms with Crippen molar-refractivity contribution in [3.05, 3.63) is 50.8 Å². The molecule has 10 heteroatoms. The average Bonchev–Trinajstić information content (AvgIpc) is 2.75. The van der Waals surface area contributed by atoms with Crippen molar-refractivity contribution < 1.29 is 28.7 Å². The second kappa shape index (κ2) is 10.9. The third-order valence-electron chi connectivity index (χ3n) is 4.57. The highest BCUT2D eigenvalue weighted by Gasteiger charge is 2.30. The van der Waals surface area contributed by atoms with E-state index < -0.39 is 16.9 Å². The quantitative estimate of drug-likeness (QED) is 0.165. The number of pyridine rings is 1. The summed E-state index contributed by atoms with van der Waals surface area (Å²) in [6, 6.07) is 4.03. The number of unbranched alkanes of at least 4 members (excludes halogenated alkanes) is 1. The Morgan fingerprint density at radius 3 is 2.13 bits per heavy atom. The van der Waals surface area contributed by atoms with E-state index in [9.17, 15) is 19.7 Å². The van der Waals surface area contributed by atoms with Gasteiger partial charge < -0.3 is 14.2 Å². The topological polar surface area (TPSA) is 118 Å². The number of non-ortho nitro benzene ring substituents is 1. The van der Waals surface area contributed by atoms with Gasteiger partial charge in [-0.15, -0.1) is 0 Å². The minimum absolute atomic E-state index is 0.0132. The van der Waals surface area contributed by atoms with Crippen LogP contribution in [0.15, 0.2) is 18.2 Å². The first kappa shape index (κ1) is 24.3. The molecule has 0 fully saturated rings. The number of carbonyl (C=O) groups is 2. The Balaban J connectivity index is 2.88. The molecular formula is C21H23BrN2O7. The number of carbonyl (C=O) groups excluding carboxylic acids is 2. The van der Waals surface area contributed by atoms with Crippen LogP contribution in [0, 0.1) is 24.0 Å². The summed E-state index contributed by atoms with van der Waals surface area (Å²) < 4.78 is 15.7. The number of benzene rings is 1. The van der Waals surface area contributed by atoms with Gasteiger partial charge in [-0.25, -0.2) is 9.59 Å². The highest BCUT2D eigenvalue weighted by atomic mass is 79.9. The molecule has 1 heterocycles. The van der Waals surface area contributed by atoms with Crippen molar-refractivity contribution in [2.75, 3.05) is 26.2 Å². The predicted octanol–water partition coefficient (Wildman–Crippen LogP) is 4.40. The summed E-state index contributed by atoms with van der Waals surface area (Å²) in [5.41, 5.74) is 0.762. The molecule has 0 aliphatic carbocycles. The van der Waals surface area contributed by atoms with E-state index in [0.29, 0.717) is 23.7 Å². The number of hydrogen-bond acceptors (Lipinski definition) is 8. The molecule has 0 amide bonds. The van der Waals surface area contributed by atoms with E-state index in [2.05, 4.69) is 20.9 Å². The molecule has 2 rings (SSSR count). The molecule has 0 bridgehead atoms. The first-order valence-electron chi connectivity index (χ1n) is 9.42. The summed E-state index contributed by atoms with van der Waals surface area (Å²) in [6.45, 7) is 3.54. The van der Waals surface area contributed by atoms with E-state index in [1.165, 1.54) is 32.4 Å². The van der Waals surface area contributed by atoms with Gasteiger partial charge in [-0.2, -0.15) is 0 Å². The number of nitrogens with zero attached hydrogens (tertiary/aromatic N) is 2. The number of nitro groups is 1. The number of nitro benzene ring substituents is 1. The zero-order valence-electron chi connectivity index (χ0n) is 17.7. The van der Waals surface area contributed by atoms with Gasteiger partial charge in [0, 0.05) is 28.6 Å². The lowest BCUT2D eigenvalue weighted by molar-refractivity contribution is -0.384. The van der Waals surface area contributed by atoms with Crippen molar-refractivity contribution in [1.29, 1.82) is 0 Å². The molecule has 9 nitrogen and oxygen atoms in total. The highest BCUT2D eigenvalue weighted by molar-refractivity contribution is 9.09. The van der Waals surface area contributed by atoms with Crippen LogP contribution in [0.4, 0.5) is 5.69 Å². The SMILES string of the molecule is COC(=O)c1c(C)nc(C)c(C(=O)OC)c1-c1cc([N+](=O)[O-])ccc1OCCCCBr. The maximum absolute atomic E-state index is 12.6. The molecule has 0 spiro atoms. The Bertz CT molecular complexity index is 967. The summed E-state index contributed by atoms with van der Waals surface area (Å²) in [7, 11) is 2.41. The third-order valence-corrected chi connectivity index (χ3v) is 5.13. The van der Waals surface area contributed by atoms with Crippen LogP contribution in [0.5, 0.6) is 5.75 Å². The molecule has 166 valence electrons. The minimum atomic E-state index is -0.734. The summed E-state index contributed by atoms with van der Waals surface area (Å²) in [5.74, 6) is -1.18. The van der Waals surface area contributed by atoms with E-state index in [4.69, 9.17) is 14.2 Å². The smallest absolute Gasteiger partial charge is 0.340 e. The Kier molecular flexibility index (Phi) is 8.49. The number of rotatable bonds is 9. The number of halogens is 1. The molecule has 0 N–H and O–H groups in total. The molecule has 2 aromatic rings. The molecule has 0 unspecified atom stereocenters. The molecule has 0 aliphatic heterocycles. The molecule has 0 atom stereocenters. The van der Waals surface area contributed by atoms with Crippen molar-refractivity contribution in [1.82, 2.24) is 4.98 Å². The lowest BCUT2D eigenvalue weighted by Crippen LogP contribution is -2.16. The van der Waals surface area contributed by atoms with Gasteiger partial charge in [-0.1, -0.05) is 15.9 Å². The lowest BCUT2D eigenvalue weighted by Gasteiger charge is -2.19. The predicted molar refractivity (Wildman–Crippen MR) is 117 cm³/mol. The number of hydrogen-bond donors (Lipinski definition) is 0. The van der Waals surface area contributed by atoms with Crippen LogP contribution in [0.1, 0.15) is 44.9 Å². The van der Waals surface area contributed by atoms with E-state index in [1.807, 2.05) is 0 Å². The first-order valence-corrected chi connectivity index (χ1v) is 10.5. The summed E-state index contributed by atoms with van der Waals surface area (Å²) in [5, 5.41) is 12.3. The molecule has 0 radical (unpaired) electrons. The van der Waals surface area contributed by atoms with Gasteiger partial charge in [0.05, 0.1) is 48.3 Å². The van der Waals surface area contributed by atoms with Gasteiger partial charge in [0.15, 0.2) is 0 Å². The Hall–Kier alpha value is -3.01. The normalized spacial score (nSPS) is 10.5. The van der Waals surface area contributed by atoms with Crippen molar-refractivity contribution in [2.24, 2.45) is 0 Å². The zero-order valence-corrected chi connectivity index (χ0v) is 19.3. The molecule has 0 saturated carbocycles. The van der Waals surface area contributed by atoms with Crippen molar-refractivity contribution in [2.45, 2.75) is 26.7 Å². The van der Waals surface area contributed by atoms with Crippen LogP contribution in [-0.4, -0.2) is 48.0 Å². The average molecular weight is 495 g/mol. The molecule has 0 aliphatic rings. The molecule has 1 aromatic heterocycles. The Morgan fingerprint density at radius 1 is 1.06 bits per heavy atom. The van der Waals surface area contributed by atoms with E-state index in [1.54, 1.807) is 13.8 Å². The standard InChI is InChI=1S/C21H23BrN2O7/c1-12-17(20(25)29-3)19(18(13(2)23-12)21(26)30-4)15-11-14(24(27)28)7-8-16(15)31-10-6-5-9-22/h7-8,11H,5-6,9-10H2,1-4H3. The van der Waals surface area contributed by atoms with Gasteiger partial charge in [0.1, 0.15) is 5.75 Å². The largest absolute Gasteiger partial charge is 0.493 e. The summed E-state index contributed by atoms with van der Waals surface area (Å²) in [4.78, 5) is 40.4. The summed E-state index contributed by atoms with van der Waals surface area (Å²) >= 11 is 3.35. The molecular weight excluding hydrogens is 472 g/mol. The first-order chi connectivity index (χ1) is 14.8. The van der Waals surface area contributed by atoms with Crippen molar-refractivity contribution in [3.8, 4) is 16.9 Å². The number of aryl methyl sites for hydroxylation is 2. The van der Waals surface area contributed by atoms with Crippen LogP contribution in [-0.2, 0) is 9.47 Å². The van der Waals surface area contributed by atoms with Gasteiger partial charge in [-0.05, 0) is 32.8 Å². The number of ether oxygens (including phenoxy) is 3. The zero-order chi connectivity index (χ0) is 23.1. The van der Waals surface area contributed by atoms with E-state index in [0.717, 1.165) is 18.2 Å². The second-order valence-electron chi connectivity index (χ2n) is 6.57. The maximum Gasteiger partial charge on any atom is 0.340 e. The van der Waals surface area contributed by atoms with Crippen molar-refractivity contribution in [3.63, 3.8) is 0 Å². The van der Waals surface area contributed by atoms with Gasteiger partial charge in [0.25, 0.3) is 5.69 Å². The monoisotopic (exact) mass is 494 g/mol. The van der Waals surface area contributed by atoms with Crippen LogP contribution in [0.3, 0.4) is 0 Å². The van der Waals surface area contributed by atoms with Crippen LogP contribution < -0.4 is 4.74 Å². The van der Waals surface area contributed by atoms with Crippen LogP contribution in [0.25, 0.3) is 11.1 Å². The van der Waals surface area contributed by atoms with E-state index in [-0.39, 0.29) is 27.9 Å². The van der Waals surface area contributed by atoms with Crippen LogP contribution in [0.2, 0.25) is 0 Å². The summed E-state index contributed by atoms with van der Waals surface area (Å²) in [6.07, 6.45) is 1.61. The highest BCUT2D eigenvalue weighted by Crippen LogP contribution is 2.40. The molecule has 0 saturated heterocycles. The maximum atomic E-state index is 12.6. The Labute approximate surface area is 188 Å². The number of esters is 2. The number of methoxy groups -OCH3 is 2. The second-order valence-corrected chi connectivity index (χ2v) is 7.37. The van der Waals surface area contributed by atoms with Gasteiger partial charge in [0.2, 0.25) is 0 Å². The number of aromatic nitrogens is 1. The van der Waals surface area contributed by atoms with Crippen LogP contribution >= 0.6 is 15.9 Å². The molecule has 1 aromatic carbocycles. The number of alkyl halides is 1. The van der Waals surface area contributed by atoms with Crippen molar-refractivity contribution >= 4 is 33.6 Å². The van der Waals surface area contributed by atoms with E-state index >= 15 is 0 Å². The fourth-order valence-electron chi connectivity index (χ4n) is 3.15. The fraction of sp³-hybridized carbons (Fsp3) is 0.381. The van der Waals surface area contributed by atoms with Gasteiger partial charge >= 0.3 is 11.9 Å². The molecule has 31 heavy (non-hydrogen) atoms. The van der Waals surface area contributed by atoms with Gasteiger partial charge in [-0.3, -0.25) is 15.1 Å². The third kappa shape index (κ3) is 5.38. The Morgan fingerprint density at radius 2 is 1.65 bits per heavy atom. The fourth-order valence-corrected chi connectivity index (χ4v) is 3.55. The lowest BCUT2D eigenvalue weighted by atomic mass is 9.91. The minimum Gasteiger partial charge on any atom is -0.493 e.